The average molecular weight is 539 g/mol. The first kappa shape index (κ1) is 26.0. The predicted molar refractivity (Wildman–Crippen MR) is 151 cm³/mol. The molecule has 0 aliphatic carbocycles. The zero-order chi connectivity index (χ0) is 27.6. The minimum Gasteiger partial charge on any atom is -0.494 e. The molecule has 1 N–H and O–H groups in total. The summed E-state index contributed by atoms with van der Waals surface area (Å²) in [5.41, 5.74) is 6.45. The molecule has 5 aliphatic heterocycles. The smallest absolute Gasteiger partial charge is 0.307 e. The predicted octanol–water partition coefficient (Wildman–Crippen LogP) is 5.44. The Morgan fingerprint density at radius 1 is 0.950 bits per heavy atom. The molecule has 0 saturated heterocycles. The minimum atomic E-state index is -0.854. The number of hydrogen-bond donors (Lipinski definition) is 1. The van der Waals surface area contributed by atoms with E-state index < -0.39 is 11.9 Å². The van der Waals surface area contributed by atoms with Crippen LogP contribution in [0, 0.1) is 5.92 Å². The summed E-state index contributed by atoms with van der Waals surface area (Å²) in [6.07, 6.45) is 4.82. The fourth-order valence-corrected chi connectivity index (χ4v) is 5.99. The average Bonchev–Trinajstić information content (AvgIpc) is 3.38. The van der Waals surface area contributed by atoms with Crippen LogP contribution in [-0.4, -0.2) is 50.0 Å². The topological polar surface area (TPSA) is 97.6 Å². The first-order valence-electron chi connectivity index (χ1n) is 14.2. The van der Waals surface area contributed by atoms with E-state index in [0.717, 1.165) is 72.1 Å². The Labute approximate surface area is 233 Å². The molecule has 4 aromatic rings. The summed E-state index contributed by atoms with van der Waals surface area (Å²) in [6.45, 7) is 4.31. The van der Waals surface area contributed by atoms with E-state index in [4.69, 9.17) is 4.74 Å². The van der Waals surface area contributed by atoms with Crippen molar-refractivity contribution in [2.75, 3.05) is 13.2 Å². The van der Waals surface area contributed by atoms with E-state index in [1.165, 1.54) is 5.56 Å². The number of carbonyl (C=O) groups is 2. The van der Waals surface area contributed by atoms with Crippen molar-refractivity contribution in [2.24, 2.45) is 5.92 Å². The zero-order valence-corrected chi connectivity index (χ0v) is 22.8. The number of ether oxygens (including phenoxy) is 1. The summed E-state index contributed by atoms with van der Waals surface area (Å²) >= 11 is 0. The van der Waals surface area contributed by atoms with Gasteiger partial charge < -0.3 is 14.7 Å². The molecule has 0 fully saturated rings. The van der Waals surface area contributed by atoms with Crippen molar-refractivity contribution < 1.29 is 19.4 Å². The number of rotatable bonds is 2. The summed E-state index contributed by atoms with van der Waals surface area (Å²) in [4.78, 5) is 27.5. The fraction of sp³-hybridized carbons (Fsp3) is 0.375. The van der Waals surface area contributed by atoms with Crippen molar-refractivity contribution in [3.8, 4) is 5.75 Å². The van der Waals surface area contributed by atoms with Gasteiger partial charge in [-0.1, -0.05) is 42.8 Å². The van der Waals surface area contributed by atoms with Gasteiger partial charge in [0.25, 0.3) is 5.91 Å². The molecule has 40 heavy (non-hydrogen) atoms. The van der Waals surface area contributed by atoms with Crippen molar-refractivity contribution >= 4 is 22.9 Å². The molecule has 8 nitrogen and oxygen atoms in total. The van der Waals surface area contributed by atoms with Crippen LogP contribution < -0.4 is 4.74 Å². The third-order valence-corrected chi connectivity index (χ3v) is 8.31. The molecular formula is C32H34N4O4. The second kappa shape index (κ2) is 11.1. The van der Waals surface area contributed by atoms with Crippen molar-refractivity contribution in [1.29, 1.82) is 0 Å². The van der Waals surface area contributed by atoms with Crippen molar-refractivity contribution in [2.45, 2.75) is 58.0 Å². The number of amides is 1. The highest BCUT2D eigenvalue weighted by Gasteiger charge is 2.29. The highest BCUT2D eigenvalue weighted by molar-refractivity contribution is 5.94. The maximum Gasteiger partial charge on any atom is 0.307 e. The van der Waals surface area contributed by atoms with Crippen molar-refractivity contribution in [1.82, 2.24) is 19.9 Å². The van der Waals surface area contributed by atoms with E-state index in [-0.39, 0.29) is 11.8 Å². The summed E-state index contributed by atoms with van der Waals surface area (Å²) in [5.74, 6) is -1.10. The van der Waals surface area contributed by atoms with Gasteiger partial charge in [0.2, 0.25) is 0 Å². The zero-order valence-electron chi connectivity index (χ0n) is 22.8. The number of carbonyl (C=O) groups excluding carboxylic acids is 1. The number of aromatic nitrogens is 3. The van der Waals surface area contributed by atoms with E-state index in [1.54, 1.807) is 6.92 Å². The molecule has 9 rings (SSSR count). The Morgan fingerprint density at radius 3 is 2.55 bits per heavy atom. The largest absolute Gasteiger partial charge is 0.494 e. The Morgan fingerprint density at radius 2 is 1.73 bits per heavy atom. The molecule has 0 radical (unpaired) electrons. The highest BCUT2D eigenvalue weighted by Crippen LogP contribution is 2.36. The fourth-order valence-electron chi connectivity index (χ4n) is 5.99. The van der Waals surface area contributed by atoms with Gasteiger partial charge in [-0.05, 0) is 84.3 Å². The van der Waals surface area contributed by atoms with Crippen LogP contribution in [0.4, 0.5) is 0 Å². The lowest BCUT2D eigenvalue weighted by Crippen LogP contribution is -2.36. The molecule has 9 bridgehead atoms. The standard InChI is InChI=1S/C32H34N4O4/c1-21(32(38)39)30-24-7-6-22-14-16-35(20-26(22)18-24)31(37)23-8-11-27(12-9-23)40-17-5-3-2-4-15-36-29-13-10-25(30)19-28(29)33-34-36/h6-13,18-19,21,30H,2-5,14-17,20H2,1H3,(H,38,39)/t21-,30+/m1/s1. The SMILES string of the molecule is C[C@@H](C(=O)O)[C@H]1c2ccc3c(c2)CN(CC3)C(=O)c2ccc(cc2)OCCCCCCn2nnc3cc1ccc32. The van der Waals surface area contributed by atoms with E-state index in [9.17, 15) is 14.7 Å². The van der Waals surface area contributed by atoms with Gasteiger partial charge in [-0.2, -0.15) is 0 Å². The molecule has 2 atom stereocenters. The van der Waals surface area contributed by atoms with Gasteiger partial charge in [0.15, 0.2) is 0 Å². The van der Waals surface area contributed by atoms with Gasteiger partial charge in [-0.25, -0.2) is 4.68 Å². The maximum atomic E-state index is 13.4. The molecule has 6 heterocycles. The second-order valence-electron chi connectivity index (χ2n) is 11.0. The molecular weight excluding hydrogens is 504 g/mol. The van der Waals surface area contributed by atoms with Crippen molar-refractivity contribution in [3.05, 3.63) is 88.5 Å². The van der Waals surface area contributed by atoms with Crippen LogP contribution in [0.5, 0.6) is 5.75 Å². The molecule has 206 valence electrons. The molecule has 8 heteroatoms. The van der Waals surface area contributed by atoms with Crippen LogP contribution in [0.3, 0.4) is 0 Å². The molecule has 1 amide bonds. The third-order valence-electron chi connectivity index (χ3n) is 8.31. The Balaban J connectivity index is 1.39. The lowest BCUT2D eigenvalue weighted by atomic mass is 9.80. The molecule has 1 aromatic heterocycles. The van der Waals surface area contributed by atoms with Gasteiger partial charge in [-0.3, -0.25) is 9.59 Å². The Kier molecular flexibility index (Phi) is 7.24. The lowest BCUT2D eigenvalue weighted by Gasteiger charge is -2.31. The quantitative estimate of drug-likeness (QED) is 0.365. The Bertz CT molecular complexity index is 1540. The first-order chi connectivity index (χ1) is 19.5. The van der Waals surface area contributed by atoms with E-state index in [0.29, 0.717) is 25.3 Å². The number of carboxylic acids is 1. The minimum absolute atomic E-state index is 0.00927. The number of hydrogen-bond acceptors (Lipinski definition) is 5. The number of aryl methyl sites for hydroxylation is 1. The summed E-state index contributed by atoms with van der Waals surface area (Å²) in [6, 6.07) is 19.7. The van der Waals surface area contributed by atoms with Crippen LogP contribution in [-0.2, 0) is 24.3 Å². The molecule has 0 unspecified atom stereocenters. The van der Waals surface area contributed by atoms with Gasteiger partial charge >= 0.3 is 5.97 Å². The summed E-state index contributed by atoms with van der Waals surface area (Å²) in [5, 5.41) is 18.9. The van der Waals surface area contributed by atoms with Crippen LogP contribution in [0.2, 0.25) is 0 Å². The Hall–Kier alpha value is -4.20. The maximum absolute atomic E-state index is 13.4. The third kappa shape index (κ3) is 5.18. The van der Waals surface area contributed by atoms with Crippen LogP contribution in [0.25, 0.3) is 11.0 Å². The summed E-state index contributed by atoms with van der Waals surface area (Å²) in [7, 11) is 0. The molecule has 0 spiro atoms. The number of carboxylic acid groups (broad SMARTS) is 1. The molecule has 3 aromatic carbocycles. The van der Waals surface area contributed by atoms with Crippen LogP contribution in [0.1, 0.15) is 71.1 Å². The van der Waals surface area contributed by atoms with Gasteiger partial charge in [-0.15, -0.1) is 5.10 Å². The van der Waals surface area contributed by atoms with Gasteiger partial charge in [0.05, 0.1) is 18.0 Å². The summed E-state index contributed by atoms with van der Waals surface area (Å²) < 4.78 is 7.85. The number of aliphatic carboxylic acids is 1. The second-order valence-corrected chi connectivity index (χ2v) is 11.0. The monoisotopic (exact) mass is 538 g/mol. The van der Waals surface area contributed by atoms with E-state index >= 15 is 0 Å². The normalized spacial score (nSPS) is 18.8. The lowest BCUT2D eigenvalue weighted by molar-refractivity contribution is -0.141. The first-order valence-corrected chi connectivity index (χ1v) is 14.2. The van der Waals surface area contributed by atoms with E-state index in [2.05, 4.69) is 22.4 Å². The van der Waals surface area contributed by atoms with Gasteiger partial charge in [0.1, 0.15) is 11.3 Å². The van der Waals surface area contributed by atoms with E-state index in [1.807, 2.05) is 58.1 Å². The number of benzene rings is 3. The highest BCUT2D eigenvalue weighted by atomic mass is 16.5. The van der Waals surface area contributed by atoms with Crippen LogP contribution >= 0.6 is 0 Å². The number of nitrogens with zero attached hydrogens (tertiary/aromatic N) is 4. The molecule has 5 aliphatic rings. The van der Waals surface area contributed by atoms with Crippen molar-refractivity contribution in [3.63, 3.8) is 0 Å². The van der Waals surface area contributed by atoms with Crippen LogP contribution in [0.15, 0.2) is 60.7 Å². The van der Waals surface area contributed by atoms with Gasteiger partial charge in [0, 0.05) is 31.1 Å². The molecule has 0 saturated carbocycles.